The van der Waals surface area contributed by atoms with Gasteiger partial charge in [0.05, 0.1) is 22.1 Å². The molecule has 0 unspecified atom stereocenters. The molecule has 0 bridgehead atoms. The third kappa shape index (κ3) is 4.02. The van der Waals surface area contributed by atoms with Gasteiger partial charge in [-0.2, -0.15) is 0 Å². The maximum atomic E-state index is 9.21. The second-order valence-electron chi connectivity index (χ2n) is 7.30. The first-order valence-electron chi connectivity index (χ1n) is 10.1. The van der Waals surface area contributed by atoms with Crippen molar-refractivity contribution >= 4 is 22.1 Å². The van der Waals surface area contributed by atoms with E-state index in [0.717, 1.165) is 44.8 Å². The lowest BCUT2D eigenvalue weighted by Gasteiger charge is -1.95. The van der Waals surface area contributed by atoms with Crippen LogP contribution < -0.4 is 0 Å². The lowest BCUT2D eigenvalue weighted by atomic mass is 10.2. The van der Waals surface area contributed by atoms with Crippen LogP contribution in [0.2, 0.25) is 0 Å². The van der Waals surface area contributed by atoms with E-state index >= 15 is 0 Å². The number of H-pyrrole nitrogens is 2. The normalized spacial score (nSPS) is 10.8. The van der Waals surface area contributed by atoms with E-state index in [1.165, 1.54) is 0 Å². The molecule has 32 heavy (non-hydrogen) atoms. The van der Waals surface area contributed by atoms with Crippen molar-refractivity contribution in [1.82, 2.24) is 19.9 Å². The van der Waals surface area contributed by atoms with Crippen LogP contribution in [0.4, 0.5) is 0 Å². The van der Waals surface area contributed by atoms with E-state index < -0.39 is 0 Å². The lowest BCUT2D eigenvalue weighted by molar-refractivity contribution is 0.475. The Kier molecular flexibility index (Phi) is 5.01. The van der Waals surface area contributed by atoms with Crippen molar-refractivity contribution in [3.63, 3.8) is 0 Å². The fourth-order valence-corrected chi connectivity index (χ4v) is 3.42. The molecule has 0 aliphatic rings. The molecule has 6 heteroatoms. The minimum absolute atomic E-state index is 0.264. The monoisotopic (exact) mass is 420 g/mol. The van der Waals surface area contributed by atoms with E-state index in [-0.39, 0.29) is 11.5 Å². The lowest BCUT2D eigenvalue weighted by Crippen LogP contribution is -1.78. The van der Waals surface area contributed by atoms with Gasteiger partial charge in [0.25, 0.3) is 0 Å². The van der Waals surface area contributed by atoms with Gasteiger partial charge in [-0.05, 0) is 72.8 Å². The van der Waals surface area contributed by atoms with Crippen molar-refractivity contribution in [3.05, 3.63) is 97.1 Å². The quantitative estimate of drug-likeness (QED) is 0.281. The number of imidazole rings is 2. The molecule has 6 aromatic rings. The van der Waals surface area contributed by atoms with Gasteiger partial charge in [0.15, 0.2) is 0 Å². The third-order valence-electron chi connectivity index (χ3n) is 5.06. The average Bonchev–Trinajstić information content (AvgIpc) is 3.45. The van der Waals surface area contributed by atoms with Gasteiger partial charge in [-0.15, -0.1) is 0 Å². The minimum Gasteiger partial charge on any atom is -0.508 e. The molecule has 0 radical (unpaired) electrons. The van der Waals surface area contributed by atoms with Gasteiger partial charge in [-0.3, -0.25) is 0 Å². The zero-order chi connectivity index (χ0) is 21.9. The van der Waals surface area contributed by atoms with Crippen molar-refractivity contribution in [3.8, 4) is 34.3 Å². The first-order chi connectivity index (χ1) is 15.7. The fourth-order valence-electron chi connectivity index (χ4n) is 3.42. The van der Waals surface area contributed by atoms with Crippen LogP contribution in [-0.4, -0.2) is 30.1 Å². The zero-order valence-electron chi connectivity index (χ0n) is 17.0. The Bertz CT molecular complexity index is 1300. The molecule has 2 aromatic heterocycles. The Labute approximate surface area is 183 Å². The molecular weight excluding hydrogens is 400 g/mol. The molecule has 0 atom stereocenters. The van der Waals surface area contributed by atoms with Gasteiger partial charge in [0, 0.05) is 11.1 Å². The Morgan fingerprint density at radius 2 is 0.844 bits per heavy atom. The predicted octanol–water partition coefficient (Wildman–Crippen LogP) is 5.87. The maximum absolute atomic E-state index is 9.21. The van der Waals surface area contributed by atoms with E-state index in [4.69, 9.17) is 0 Å². The maximum Gasteiger partial charge on any atom is 0.138 e. The van der Waals surface area contributed by atoms with Crippen molar-refractivity contribution in [2.45, 2.75) is 0 Å². The Hall–Kier alpha value is -4.58. The molecular formula is C26H20N4O2. The molecule has 6 nitrogen and oxygen atoms in total. The number of aromatic hydroxyl groups is 2. The molecule has 4 aromatic carbocycles. The van der Waals surface area contributed by atoms with Crippen molar-refractivity contribution < 1.29 is 10.2 Å². The smallest absolute Gasteiger partial charge is 0.138 e. The largest absolute Gasteiger partial charge is 0.508 e. The molecule has 0 saturated carbocycles. The Balaban J connectivity index is 0.000000135. The van der Waals surface area contributed by atoms with Gasteiger partial charge in [-0.25, -0.2) is 9.97 Å². The Morgan fingerprint density at radius 3 is 1.22 bits per heavy atom. The first-order valence-corrected chi connectivity index (χ1v) is 10.1. The standard InChI is InChI=1S/2C13H10N2O/c2*16-10-7-5-9(6-8-10)13-14-11-3-1-2-4-12(11)15-13/h2*1-8,16H,(H,14,15). The van der Waals surface area contributed by atoms with Gasteiger partial charge in [0.2, 0.25) is 0 Å². The van der Waals surface area contributed by atoms with Crippen LogP contribution in [0.3, 0.4) is 0 Å². The van der Waals surface area contributed by atoms with Crippen molar-refractivity contribution in [2.24, 2.45) is 0 Å². The summed E-state index contributed by atoms with van der Waals surface area (Å²) in [6.07, 6.45) is 0. The average molecular weight is 420 g/mol. The molecule has 0 saturated heterocycles. The number of benzene rings is 4. The van der Waals surface area contributed by atoms with E-state index in [1.54, 1.807) is 24.3 Å². The summed E-state index contributed by atoms with van der Waals surface area (Å²) in [6.45, 7) is 0. The summed E-state index contributed by atoms with van der Waals surface area (Å²) in [5.74, 6) is 2.17. The second-order valence-corrected chi connectivity index (χ2v) is 7.30. The highest BCUT2D eigenvalue weighted by molar-refractivity contribution is 5.80. The number of aromatic amines is 2. The van der Waals surface area contributed by atoms with E-state index in [2.05, 4.69) is 19.9 Å². The molecule has 0 fully saturated rings. The number of aromatic nitrogens is 4. The molecule has 4 N–H and O–H groups in total. The zero-order valence-corrected chi connectivity index (χ0v) is 17.0. The minimum atomic E-state index is 0.264. The van der Waals surface area contributed by atoms with Gasteiger partial charge < -0.3 is 20.2 Å². The molecule has 2 heterocycles. The number of hydrogen-bond acceptors (Lipinski definition) is 4. The van der Waals surface area contributed by atoms with E-state index in [1.807, 2.05) is 72.8 Å². The molecule has 0 aliphatic heterocycles. The third-order valence-corrected chi connectivity index (χ3v) is 5.06. The SMILES string of the molecule is Oc1ccc(-c2nc3ccccc3[nH]2)cc1.Oc1ccc(-c2nc3ccccc3[nH]2)cc1. The Morgan fingerprint density at radius 1 is 0.469 bits per heavy atom. The summed E-state index contributed by atoms with van der Waals surface area (Å²) < 4.78 is 0. The van der Waals surface area contributed by atoms with Crippen molar-refractivity contribution in [1.29, 1.82) is 0 Å². The number of phenolic OH excluding ortho intramolecular Hbond substituents is 2. The second kappa shape index (κ2) is 8.28. The first kappa shape index (κ1) is 19.4. The fraction of sp³-hybridized carbons (Fsp3) is 0. The molecule has 0 spiro atoms. The number of rotatable bonds is 2. The summed E-state index contributed by atoms with van der Waals surface area (Å²) in [6, 6.07) is 29.8. The topological polar surface area (TPSA) is 97.8 Å². The van der Waals surface area contributed by atoms with Crippen LogP contribution in [0, 0.1) is 0 Å². The van der Waals surface area contributed by atoms with Gasteiger partial charge in [0.1, 0.15) is 23.1 Å². The van der Waals surface area contributed by atoms with Crippen LogP contribution in [-0.2, 0) is 0 Å². The highest BCUT2D eigenvalue weighted by Crippen LogP contribution is 2.23. The highest BCUT2D eigenvalue weighted by atomic mass is 16.3. The summed E-state index contributed by atoms with van der Waals surface area (Å²) in [5.41, 5.74) is 5.87. The van der Waals surface area contributed by atoms with Crippen LogP contribution in [0.25, 0.3) is 44.8 Å². The highest BCUT2D eigenvalue weighted by Gasteiger charge is 2.05. The van der Waals surface area contributed by atoms with Crippen LogP contribution >= 0.6 is 0 Å². The molecule has 0 amide bonds. The van der Waals surface area contributed by atoms with E-state index in [9.17, 15) is 10.2 Å². The van der Waals surface area contributed by atoms with Crippen LogP contribution in [0.5, 0.6) is 11.5 Å². The number of phenols is 2. The number of para-hydroxylation sites is 4. The number of nitrogens with one attached hydrogen (secondary N) is 2. The molecule has 6 rings (SSSR count). The number of nitrogens with zero attached hydrogens (tertiary/aromatic N) is 2. The summed E-state index contributed by atoms with van der Waals surface area (Å²) >= 11 is 0. The van der Waals surface area contributed by atoms with Gasteiger partial charge in [-0.1, -0.05) is 24.3 Å². The number of hydrogen-bond donors (Lipinski definition) is 4. The molecule has 156 valence electrons. The predicted molar refractivity (Wildman–Crippen MR) is 126 cm³/mol. The summed E-state index contributed by atoms with van der Waals surface area (Å²) in [7, 11) is 0. The number of fused-ring (bicyclic) bond motifs is 2. The van der Waals surface area contributed by atoms with Crippen molar-refractivity contribution in [2.75, 3.05) is 0 Å². The van der Waals surface area contributed by atoms with Crippen LogP contribution in [0.1, 0.15) is 0 Å². The summed E-state index contributed by atoms with van der Waals surface area (Å²) in [4.78, 5) is 15.4. The molecule has 0 aliphatic carbocycles. The van der Waals surface area contributed by atoms with Gasteiger partial charge >= 0.3 is 0 Å². The van der Waals surface area contributed by atoms with Crippen LogP contribution in [0.15, 0.2) is 97.1 Å². The van der Waals surface area contributed by atoms with E-state index in [0.29, 0.717) is 0 Å². The summed E-state index contributed by atoms with van der Waals surface area (Å²) in [5, 5.41) is 18.4.